The predicted molar refractivity (Wildman–Crippen MR) is 75.9 cm³/mol. The van der Waals surface area contributed by atoms with Crippen LogP contribution in [0.4, 0.5) is 5.69 Å². The Morgan fingerprint density at radius 1 is 0.895 bits per heavy atom. The van der Waals surface area contributed by atoms with Crippen molar-refractivity contribution < 1.29 is 0 Å². The fraction of sp³-hybridized carbons (Fsp3) is 0.176. The van der Waals surface area contributed by atoms with Crippen molar-refractivity contribution in [2.75, 3.05) is 0 Å². The van der Waals surface area contributed by atoms with Gasteiger partial charge in [0.15, 0.2) is 5.69 Å². The molecule has 0 heterocycles. The SMILES string of the molecule is [C-]#[N+]c1ccc(CCCc2ccc(C#N)cc2)cc1. The Kier molecular flexibility index (Phi) is 4.32. The lowest BCUT2D eigenvalue weighted by molar-refractivity contribution is 0.821. The first kappa shape index (κ1) is 12.9. The van der Waals surface area contributed by atoms with Crippen LogP contribution in [-0.2, 0) is 12.8 Å². The van der Waals surface area contributed by atoms with E-state index in [2.05, 4.69) is 10.9 Å². The highest BCUT2D eigenvalue weighted by molar-refractivity contribution is 5.45. The molecule has 2 rings (SSSR count). The van der Waals surface area contributed by atoms with Gasteiger partial charge in [-0.3, -0.25) is 0 Å². The third-order valence-corrected chi connectivity index (χ3v) is 3.08. The number of hydrogen-bond donors (Lipinski definition) is 0. The molecule has 0 spiro atoms. The summed E-state index contributed by atoms with van der Waals surface area (Å²) in [7, 11) is 0. The summed E-state index contributed by atoms with van der Waals surface area (Å²) in [5.41, 5.74) is 3.92. The maximum absolute atomic E-state index is 8.72. The van der Waals surface area contributed by atoms with Gasteiger partial charge in [-0.25, -0.2) is 4.85 Å². The van der Waals surface area contributed by atoms with E-state index in [1.807, 2.05) is 48.5 Å². The van der Waals surface area contributed by atoms with Gasteiger partial charge in [0.25, 0.3) is 0 Å². The van der Waals surface area contributed by atoms with Crippen LogP contribution in [0.3, 0.4) is 0 Å². The van der Waals surface area contributed by atoms with Gasteiger partial charge in [0.1, 0.15) is 0 Å². The van der Waals surface area contributed by atoms with Gasteiger partial charge < -0.3 is 0 Å². The molecule has 0 saturated heterocycles. The van der Waals surface area contributed by atoms with Crippen LogP contribution in [0.15, 0.2) is 48.5 Å². The fourth-order valence-electron chi connectivity index (χ4n) is 1.98. The number of aryl methyl sites for hydroxylation is 2. The second kappa shape index (κ2) is 6.38. The smallest absolute Gasteiger partial charge is 0.187 e. The molecule has 0 radical (unpaired) electrons. The molecule has 0 aliphatic heterocycles. The van der Waals surface area contributed by atoms with Gasteiger partial charge in [-0.1, -0.05) is 42.0 Å². The lowest BCUT2D eigenvalue weighted by atomic mass is 10.0. The van der Waals surface area contributed by atoms with Gasteiger partial charge >= 0.3 is 0 Å². The van der Waals surface area contributed by atoms with E-state index in [1.165, 1.54) is 11.1 Å². The van der Waals surface area contributed by atoms with Gasteiger partial charge in [-0.2, -0.15) is 5.26 Å². The maximum Gasteiger partial charge on any atom is 0.187 e. The zero-order valence-electron chi connectivity index (χ0n) is 10.6. The van der Waals surface area contributed by atoms with Crippen molar-refractivity contribution in [2.24, 2.45) is 0 Å². The zero-order valence-corrected chi connectivity index (χ0v) is 10.6. The molecular weight excluding hydrogens is 232 g/mol. The molecule has 0 unspecified atom stereocenters. The molecule has 0 aliphatic rings. The normalized spacial score (nSPS) is 9.58. The van der Waals surface area contributed by atoms with Crippen LogP contribution in [-0.4, -0.2) is 0 Å². The van der Waals surface area contributed by atoms with Crippen molar-refractivity contribution in [1.29, 1.82) is 5.26 Å². The zero-order chi connectivity index (χ0) is 13.5. The van der Waals surface area contributed by atoms with Gasteiger partial charge in [0.05, 0.1) is 18.2 Å². The molecule has 92 valence electrons. The molecule has 0 aliphatic carbocycles. The Morgan fingerprint density at radius 3 is 1.89 bits per heavy atom. The van der Waals surface area contributed by atoms with Gasteiger partial charge in [0, 0.05) is 0 Å². The first-order valence-corrected chi connectivity index (χ1v) is 6.27. The lowest BCUT2D eigenvalue weighted by Crippen LogP contribution is -1.90. The predicted octanol–water partition coefficient (Wildman–Crippen LogP) is 4.28. The van der Waals surface area contributed by atoms with Crippen molar-refractivity contribution in [3.8, 4) is 6.07 Å². The van der Waals surface area contributed by atoms with E-state index in [9.17, 15) is 0 Å². The third kappa shape index (κ3) is 3.69. The molecule has 0 amide bonds. The summed E-state index contributed by atoms with van der Waals surface area (Å²) in [5, 5.41) is 8.72. The maximum atomic E-state index is 8.72. The van der Waals surface area contributed by atoms with Gasteiger partial charge in [-0.05, 0) is 37.0 Å². The molecular formula is C17H14N2. The Labute approximate surface area is 113 Å². The molecule has 2 nitrogen and oxygen atoms in total. The molecule has 19 heavy (non-hydrogen) atoms. The van der Waals surface area contributed by atoms with E-state index in [0.29, 0.717) is 11.3 Å². The number of rotatable bonds is 4. The van der Waals surface area contributed by atoms with Crippen LogP contribution < -0.4 is 0 Å². The highest BCUT2D eigenvalue weighted by Crippen LogP contribution is 2.15. The van der Waals surface area contributed by atoms with Crippen LogP contribution in [0, 0.1) is 17.9 Å². The molecule has 0 fully saturated rings. The molecule has 2 aromatic carbocycles. The highest BCUT2D eigenvalue weighted by atomic mass is 14.6. The number of benzene rings is 2. The van der Waals surface area contributed by atoms with Gasteiger partial charge in [-0.15, -0.1) is 0 Å². The van der Waals surface area contributed by atoms with Crippen molar-refractivity contribution in [3.63, 3.8) is 0 Å². The minimum atomic E-state index is 0.691. The Bertz CT molecular complexity index is 553. The van der Waals surface area contributed by atoms with E-state index in [0.717, 1.165) is 19.3 Å². The third-order valence-electron chi connectivity index (χ3n) is 3.08. The largest absolute Gasteiger partial charge is 0.238 e. The molecule has 0 saturated carbocycles. The summed E-state index contributed by atoms with van der Waals surface area (Å²) in [5.74, 6) is 0. The van der Waals surface area contributed by atoms with Crippen LogP contribution >= 0.6 is 0 Å². The molecule has 2 heteroatoms. The molecule has 0 N–H and O–H groups in total. The lowest BCUT2D eigenvalue weighted by Gasteiger charge is -2.03. The van der Waals surface area contributed by atoms with E-state index in [-0.39, 0.29) is 0 Å². The van der Waals surface area contributed by atoms with Crippen LogP contribution in [0.5, 0.6) is 0 Å². The summed E-state index contributed by atoms with van der Waals surface area (Å²) in [6, 6.07) is 17.6. The first-order chi connectivity index (χ1) is 9.31. The Balaban J connectivity index is 1.85. The van der Waals surface area contributed by atoms with E-state index < -0.39 is 0 Å². The summed E-state index contributed by atoms with van der Waals surface area (Å²) >= 11 is 0. The standard InChI is InChI=1S/C17H14N2/c1-19-17-11-9-15(10-12-17)4-2-3-14-5-7-16(13-18)8-6-14/h5-12H,2-4H2. The average Bonchev–Trinajstić information content (AvgIpc) is 2.49. The van der Waals surface area contributed by atoms with E-state index >= 15 is 0 Å². The summed E-state index contributed by atoms with van der Waals surface area (Å²) in [6.07, 6.45) is 3.10. The molecule has 0 bridgehead atoms. The topological polar surface area (TPSA) is 28.1 Å². The van der Waals surface area contributed by atoms with Gasteiger partial charge in [0.2, 0.25) is 0 Å². The van der Waals surface area contributed by atoms with Crippen molar-refractivity contribution >= 4 is 5.69 Å². The highest BCUT2D eigenvalue weighted by Gasteiger charge is 1.97. The Hall–Kier alpha value is -2.58. The number of hydrogen-bond acceptors (Lipinski definition) is 1. The van der Waals surface area contributed by atoms with Crippen molar-refractivity contribution in [1.82, 2.24) is 0 Å². The first-order valence-electron chi connectivity index (χ1n) is 6.27. The van der Waals surface area contributed by atoms with Crippen molar-refractivity contribution in [2.45, 2.75) is 19.3 Å². The molecule has 0 atom stereocenters. The van der Waals surface area contributed by atoms with Crippen LogP contribution in [0.2, 0.25) is 0 Å². The number of nitriles is 1. The van der Waals surface area contributed by atoms with Crippen molar-refractivity contribution in [3.05, 3.63) is 76.6 Å². The quantitative estimate of drug-likeness (QED) is 0.740. The fourth-order valence-corrected chi connectivity index (χ4v) is 1.98. The molecule has 0 aromatic heterocycles. The van der Waals surface area contributed by atoms with Crippen LogP contribution in [0.1, 0.15) is 23.1 Å². The number of nitrogens with zero attached hydrogens (tertiary/aromatic N) is 2. The van der Waals surface area contributed by atoms with Crippen LogP contribution in [0.25, 0.3) is 4.85 Å². The summed E-state index contributed by atoms with van der Waals surface area (Å²) < 4.78 is 0. The molecule has 2 aromatic rings. The second-order valence-electron chi connectivity index (χ2n) is 4.44. The summed E-state index contributed by atoms with van der Waals surface area (Å²) in [6.45, 7) is 6.90. The van der Waals surface area contributed by atoms with E-state index in [4.69, 9.17) is 11.8 Å². The minimum Gasteiger partial charge on any atom is -0.238 e. The second-order valence-corrected chi connectivity index (χ2v) is 4.44. The minimum absolute atomic E-state index is 0.691. The summed E-state index contributed by atoms with van der Waals surface area (Å²) in [4.78, 5) is 3.38. The van der Waals surface area contributed by atoms with E-state index in [1.54, 1.807) is 0 Å². The average molecular weight is 246 g/mol. The Morgan fingerprint density at radius 2 is 1.42 bits per heavy atom. The monoisotopic (exact) mass is 246 g/mol.